The summed E-state index contributed by atoms with van der Waals surface area (Å²) in [6.07, 6.45) is 1.05. The summed E-state index contributed by atoms with van der Waals surface area (Å²) in [6.45, 7) is -0.420. The molecule has 1 amide bonds. The van der Waals surface area contributed by atoms with Crippen LogP contribution in [0, 0.1) is 0 Å². The Morgan fingerprint density at radius 1 is 1.17 bits per heavy atom. The van der Waals surface area contributed by atoms with Gasteiger partial charge < -0.3 is 4.74 Å². The van der Waals surface area contributed by atoms with E-state index in [4.69, 9.17) is 0 Å². The van der Waals surface area contributed by atoms with E-state index in [1.54, 1.807) is 24.3 Å². The number of thioether (sulfide) groups is 1. The molecule has 0 saturated carbocycles. The third-order valence-corrected chi connectivity index (χ3v) is 6.99. The summed E-state index contributed by atoms with van der Waals surface area (Å²) in [5.41, 5.74) is 0.414. The maximum Gasteiger partial charge on any atom is 0.316 e. The topological polar surface area (TPSA) is 119 Å². The van der Waals surface area contributed by atoms with Crippen LogP contribution in [0.15, 0.2) is 46.8 Å². The van der Waals surface area contributed by atoms with Crippen LogP contribution in [0.5, 0.6) is 0 Å². The highest BCUT2D eigenvalue weighted by atomic mass is 32.2. The monoisotopic (exact) mass is 466 g/mol. The van der Waals surface area contributed by atoms with Crippen LogP contribution in [-0.4, -0.2) is 56.2 Å². The number of sulfonamides is 1. The fourth-order valence-electron chi connectivity index (χ4n) is 2.59. The van der Waals surface area contributed by atoms with Crippen LogP contribution in [0.25, 0.3) is 10.8 Å². The molecule has 0 saturated heterocycles. The molecule has 3 rings (SSSR count). The van der Waals surface area contributed by atoms with Crippen molar-refractivity contribution >= 4 is 66.6 Å². The summed E-state index contributed by atoms with van der Waals surface area (Å²) in [5.74, 6) is -0.893. The van der Waals surface area contributed by atoms with Gasteiger partial charge in [0.1, 0.15) is 6.54 Å². The van der Waals surface area contributed by atoms with Gasteiger partial charge in [0.25, 0.3) is 0 Å². The van der Waals surface area contributed by atoms with E-state index in [1.165, 1.54) is 7.11 Å². The molecule has 30 heavy (non-hydrogen) atoms. The molecular formula is C18H18N4O5S3. The first-order valence-electron chi connectivity index (χ1n) is 8.56. The zero-order chi connectivity index (χ0) is 21.7. The lowest BCUT2D eigenvalue weighted by Gasteiger charge is -2.23. The number of carbonyl (C=O) groups is 2. The molecule has 0 bridgehead atoms. The summed E-state index contributed by atoms with van der Waals surface area (Å²) in [7, 11) is -2.44. The van der Waals surface area contributed by atoms with Crippen molar-refractivity contribution in [3.63, 3.8) is 0 Å². The molecule has 1 aromatic heterocycles. The first kappa shape index (κ1) is 22.0. The van der Waals surface area contributed by atoms with E-state index in [-0.39, 0.29) is 10.9 Å². The van der Waals surface area contributed by atoms with Gasteiger partial charge in [-0.1, -0.05) is 59.5 Å². The zero-order valence-electron chi connectivity index (χ0n) is 16.1. The second-order valence-corrected chi connectivity index (χ2v) is 10.2. The minimum absolute atomic E-state index is 0.0714. The van der Waals surface area contributed by atoms with E-state index in [1.807, 2.05) is 18.2 Å². The smallest absolute Gasteiger partial charge is 0.316 e. The highest BCUT2D eigenvalue weighted by Crippen LogP contribution is 2.29. The first-order chi connectivity index (χ1) is 14.3. The number of hydrogen-bond acceptors (Lipinski definition) is 9. The van der Waals surface area contributed by atoms with Gasteiger partial charge in [-0.05, 0) is 11.5 Å². The Morgan fingerprint density at radius 3 is 2.63 bits per heavy atom. The summed E-state index contributed by atoms with van der Waals surface area (Å²) in [6, 6.07) is 12.6. The first-order valence-corrected chi connectivity index (χ1v) is 12.2. The fraction of sp³-hybridized carbons (Fsp3) is 0.222. The Labute approximate surface area is 181 Å². The molecule has 1 heterocycles. The van der Waals surface area contributed by atoms with E-state index in [2.05, 4.69) is 20.3 Å². The molecule has 0 spiro atoms. The molecule has 0 fully saturated rings. The van der Waals surface area contributed by atoms with Gasteiger partial charge in [0.15, 0.2) is 4.34 Å². The minimum atomic E-state index is -3.73. The van der Waals surface area contributed by atoms with E-state index >= 15 is 0 Å². The predicted octanol–water partition coefficient (Wildman–Crippen LogP) is 2.36. The molecule has 0 aliphatic rings. The van der Waals surface area contributed by atoms with E-state index in [0.29, 0.717) is 10.0 Å². The predicted molar refractivity (Wildman–Crippen MR) is 117 cm³/mol. The quantitative estimate of drug-likeness (QED) is 0.305. The van der Waals surface area contributed by atoms with Gasteiger partial charge >= 0.3 is 5.97 Å². The largest absolute Gasteiger partial charge is 0.468 e. The van der Waals surface area contributed by atoms with Crippen molar-refractivity contribution in [3.8, 4) is 0 Å². The average molecular weight is 467 g/mol. The number of aromatic nitrogens is 2. The number of nitrogens with one attached hydrogen (secondary N) is 1. The van der Waals surface area contributed by atoms with Crippen molar-refractivity contribution in [3.05, 3.63) is 42.5 Å². The number of benzene rings is 2. The van der Waals surface area contributed by atoms with Gasteiger partial charge in [-0.25, -0.2) is 8.42 Å². The number of ether oxygens (including phenoxy) is 1. The normalized spacial score (nSPS) is 11.3. The molecule has 0 aliphatic carbocycles. The number of nitrogens with zero attached hydrogens (tertiary/aromatic N) is 3. The molecule has 0 atom stereocenters. The lowest BCUT2D eigenvalue weighted by molar-refractivity contribution is -0.137. The molecule has 0 radical (unpaired) electrons. The molecule has 158 valence electrons. The van der Waals surface area contributed by atoms with Crippen LogP contribution in [-0.2, 0) is 24.3 Å². The van der Waals surface area contributed by atoms with Crippen molar-refractivity contribution in [2.24, 2.45) is 0 Å². The van der Waals surface area contributed by atoms with Gasteiger partial charge in [0.05, 0.1) is 24.8 Å². The van der Waals surface area contributed by atoms with Crippen molar-refractivity contribution < 1.29 is 22.7 Å². The molecule has 1 N–H and O–H groups in total. The Kier molecular flexibility index (Phi) is 6.90. The maximum absolute atomic E-state index is 12.5. The number of amides is 1. The Hall–Kier alpha value is -2.70. The second kappa shape index (κ2) is 9.41. The lowest BCUT2D eigenvalue weighted by Crippen LogP contribution is -2.37. The van der Waals surface area contributed by atoms with Crippen LogP contribution >= 0.6 is 23.1 Å². The SMILES string of the molecule is COC(=O)CSc1nnc(NC(=O)CN(c2cccc3ccccc23)S(C)(=O)=O)s1. The van der Waals surface area contributed by atoms with Crippen LogP contribution in [0.4, 0.5) is 10.8 Å². The Bertz CT molecular complexity index is 1170. The van der Waals surface area contributed by atoms with E-state index < -0.39 is 28.4 Å². The molecule has 9 nitrogen and oxygen atoms in total. The average Bonchev–Trinajstić information content (AvgIpc) is 3.16. The molecule has 0 unspecified atom stereocenters. The highest BCUT2D eigenvalue weighted by Gasteiger charge is 2.23. The third-order valence-electron chi connectivity index (χ3n) is 3.92. The molecular weight excluding hydrogens is 448 g/mol. The number of anilines is 2. The number of rotatable bonds is 8. The van der Waals surface area contributed by atoms with Crippen LogP contribution in [0.3, 0.4) is 0 Å². The fourth-order valence-corrected chi connectivity index (χ4v) is 5.06. The standard InChI is InChI=1S/C18H18N4O5S3/c1-27-16(24)11-28-18-21-20-17(29-18)19-15(23)10-22(30(2,25)26)14-9-5-7-12-6-3-4-8-13(12)14/h3-9H,10-11H2,1-2H3,(H,19,20,23). The Morgan fingerprint density at radius 2 is 1.90 bits per heavy atom. The lowest BCUT2D eigenvalue weighted by atomic mass is 10.1. The maximum atomic E-state index is 12.5. The summed E-state index contributed by atoms with van der Waals surface area (Å²) >= 11 is 2.21. The van der Waals surface area contributed by atoms with Gasteiger partial charge in [0, 0.05) is 5.39 Å². The third kappa shape index (κ3) is 5.46. The number of hydrogen-bond donors (Lipinski definition) is 1. The Balaban J connectivity index is 1.76. The van der Waals surface area contributed by atoms with Crippen molar-refractivity contribution in [1.29, 1.82) is 0 Å². The highest BCUT2D eigenvalue weighted by molar-refractivity contribution is 8.01. The van der Waals surface area contributed by atoms with Crippen LogP contribution in [0.1, 0.15) is 0 Å². The summed E-state index contributed by atoms with van der Waals surface area (Å²) < 4.78 is 30.9. The number of fused-ring (bicyclic) bond motifs is 1. The number of esters is 1. The number of methoxy groups -OCH3 is 1. The molecule has 3 aromatic rings. The molecule has 0 aliphatic heterocycles. The van der Waals surface area contributed by atoms with Crippen LogP contribution < -0.4 is 9.62 Å². The van der Waals surface area contributed by atoms with Gasteiger partial charge in [0.2, 0.25) is 21.1 Å². The van der Waals surface area contributed by atoms with Gasteiger partial charge in [-0.2, -0.15) is 0 Å². The summed E-state index contributed by atoms with van der Waals surface area (Å²) in [5, 5.41) is 12.1. The summed E-state index contributed by atoms with van der Waals surface area (Å²) in [4.78, 5) is 23.7. The van der Waals surface area contributed by atoms with Crippen LogP contribution in [0.2, 0.25) is 0 Å². The zero-order valence-corrected chi connectivity index (χ0v) is 18.5. The van der Waals surface area contributed by atoms with E-state index in [0.717, 1.165) is 44.4 Å². The molecule has 12 heteroatoms. The van der Waals surface area contributed by atoms with E-state index in [9.17, 15) is 18.0 Å². The minimum Gasteiger partial charge on any atom is -0.468 e. The number of carbonyl (C=O) groups excluding carboxylic acids is 2. The van der Waals surface area contributed by atoms with Crippen molar-refractivity contribution in [1.82, 2.24) is 10.2 Å². The van der Waals surface area contributed by atoms with Crippen molar-refractivity contribution in [2.45, 2.75) is 4.34 Å². The van der Waals surface area contributed by atoms with Gasteiger partial charge in [-0.3, -0.25) is 19.2 Å². The van der Waals surface area contributed by atoms with Gasteiger partial charge in [-0.15, -0.1) is 10.2 Å². The van der Waals surface area contributed by atoms with Crippen molar-refractivity contribution in [2.75, 3.05) is 35.3 Å². The molecule has 2 aromatic carbocycles. The second-order valence-electron chi connectivity index (χ2n) is 6.05.